The number of hydrogen-bond acceptors (Lipinski definition) is 10. The zero-order valence-electron chi connectivity index (χ0n) is 14.5. The molecule has 10 nitrogen and oxygen atoms in total. The molecule has 2 rings (SSSR count). The Labute approximate surface area is 151 Å². The molecule has 2 heterocycles. The molecule has 0 radical (unpaired) electrons. The minimum Gasteiger partial charge on any atom is -0.388 e. The Morgan fingerprint density at radius 2 is 1.58 bits per heavy atom. The third-order valence-corrected chi connectivity index (χ3v) is 4.36. The van der Waals surface area contributed by atoms with Crippen LogP contribution < -0.4 is 0 Å². The topological polar surface area (TPSA) is 158 Å². The summed E-state index contributed by atoms with van der Waals surface area (Å²) in [6.45, 7) is 5.22. The lowest BCUT2D eigenvalue weighted by molar-refractivity contribution is -0.320. The highest BCUT2D eigenvalue weighted by Gasteiger charge is 2.45. The molecule has 10 heteroatoms. The highest BCUT2D eigenvalue weighted by Crippen LogP contribution is 2.24. The molecule has 26 heavy (non-hydrogen) atoms. The van der Waals surface area contributed by atoms with E-state index in [4.69, 9.17) is 18.9 Å². The molecule has 0 amide bonds. The summed E-state index contributed by atoms with van der Waals surface area (Å²) in [4.78, 5) is 0. The van der Waals surface area contributed by atoms with Gasteiger partial charge >= 0.3 is 0 Å². The lowest BCUT2D eigenvalue weighted by atomic mass is 9.99. The minimum absolute atomic E-state index is 0.210. The van der Waals surface area contributed by atoms with Crippen LogP contribution in [0.2, 0.25) is 0 Å². The van der Waals surface area contributed by atoms with Crippen LogP contribution in [0.3, 0.4) is 0 Å². The number of ether oxygens (including phenoxy) is 4. The maximum atomic E-state index is 10.1. The van der Waals surface area contributed by atoms with E-state index in [9.17, 15) is 30.6 Å². The van der Waals surface area contributed by atoms with E-state index < -0.39 is 55.3 Å². The third-order valence-electron chi connectivity index (χ3n) is 4.36. The number of rotatable bonds is 7. The Hall–Kier alpha value is -0.660. The Kier molecular flexibility index (Phi) is 7.91. The average molecular weight is 380 g/mol. The minimum atomic E-state index is -1.52. The molecule has 0 aromatic rings. The first-order valence-corrected chi connectivity index (χ1v) is 8.45. The fourth-order valence-corrected chi connectivity index (χ4v) is 2.66. The number of aliphatic hydroxyl groups is 6. The van der Waals surface area contributed by atoms with Crippen molar-refractivity contribution in [3.63, 3.8) is 0 Å². The smallest absolute Gasteiger partial charge is 0.186 e. The Bertz CT molecular complexity index is 460. The molecule has 0 saturated carbocycles. The summed E-state index contributed by atoms with van der Waals surface area (Å²) in [5, 5.41) is 58.9. The Morgan fingerprint density at radius 1 is 0.923 bits per heavy atom. The van der Waals surface area contributed by atoms with Crippen LogP contribution in [0.15, 0.2) is 12.2 Å². The first kappa shape index (κ1) is 21.6. The van der Waals surface area contributed by atoms with Gasteiger partial charge in [0.1, 0.15) is 42.7 Å². The fourth-order valence-electron chi connectivity index (χ4n) is 2.66. The normalized spacial score (nSPS) is 44.0. The Balaban J connectivity index is 1.89. The molecule has 2 fully saturated rings. The van der Waals surface area contributed by atoms with Gasteiger partial charge in [-0.05, 0) is 13.3 Å². The van der Waals surface area contributed by atoms with Crippen LogP contribution in [0.4, 0.5) is 0 Å². The average Bonchev–Trinajstić information content (AvgIpc) is 2.60. The molecule has 152 valence electrons. The van der Waals surface area contributed by atoms with Gasteiger partial charge in [0.05, 0.1) is 19.8 Å². The Morgan fingerprint density at radius 3 is 2.23 bits per heavy atom. The molecule has 2 aliphatic heterocycles. The monoisotopic (exact) mass is 380 g/mol. The van der Waals surface area contributed by atoms with Crippen LogP contribution in [0.1, 0.15) is 13.3 Å². The maximum Gasteiger partial charge on any atom is 0.186 e. The standard InChI is InChI=1S/C16H28O10/c1-7(2)3-4-23-16-14(22)12(20)11(19)9(26-16)6-25-15-13(21)10(18)8(17)5-24-15/h8-22H,1,3-6H2,2H3. The van der Waals surface area contributed by atoms with Crippen molar-refractivity contribution in [1.29, 1.82) is 0 Å². The van der Waals surface area contributed by atoms with Crippen LogP contribution in [0, 0.1) is 0 Å². The van der Waals surface area contributed by atoms with Gasteiger partial charge in [0.15, 0.2) is 12.6 Å². The molecule has 0 bridgehead atoms. The van der Waals surface area contributed by atoms with E-state index in [1.807, 2.05) is 6.92 Å². The third kappa shape index (κ3) is 5.20. The van der Waals surface area contributed by atoms with Crippen molar-refractivity contribution < 1.29 is 49.6 Å². The first-order valence-electron chi connectivity index (χ1n) is 8.45. The molecule has 0 aliphatic carbocycles. The summed E-state index contributed by atoms with van der Waals surface area (Å²) in [7, 11) is 0. The zero-order valence-corrected chi connectivity index (χ0v) is 14.5. The zero-order chi connectivity index (χ0) is 19.4. The van der Waals surface area contributed by atoms with Crippen molar-refractivity contribution in [1.82, 2.24) is 0 Å². The second-order valence-electron chi connectivity index (χ2n) is 6.68. The summed E-state index contributed by atoms with van der Waals surface area (Å²) in [6.07, 6.45) is -11.5. The predicted molar refractivity (Wildman–Crippen MR) is 85.8 cm³/mol. The second kappa shape index (κ2) is 9.51. The summed E-state index contributed by atoms with van der Waals surface area (Å²) in [6, 6.07) is 0. The quantitative estimate of drug-likeness (QED) is 0.255. The van der Waals surface area contributed by atoms with E-state index in [0.717, 1.165) is 5.57 Å². The highest BCUT2D eigenvalue weighted by molar-refractivity contribution is 4.91. The number of aliphatic hydroxyl groups excluding tert-OH is 6. The molecular weight excluding hydrogens is 352 g/mol. The van der Waals surface area contributed by atoms with Gasteiger partial charge < -0.3 is 49.6 Å². The van der Waals surface area contributed by atoms with E-state index in [1.54, 1.807) is 0 Å². The molecular formula is C16H28O10. The molecule has 2 saturated heterocycles. The van der Waals surface area contributed by atoms with Gasteiger partial charge in [-0.1, -0.05) is 5.57 Å². The van der Waals surface area contributed by atoms with Crippen LogP contribution in [-0.4, -0.2) is 106 Å². The van der Waals surface area contributed by atoms with Gasteiger partial charge in [-0.2, -0.15) is 0 Å². The summed E-state index contributed by atoms with van der Waals surface area (Å²) in [5.41, 5.74) is 0.875. The molecule has 9 atom stereocenters. The van der Waals surface area contributed by atoms with Crippen molar-refractivity contribution in [2.24, 2.45) is 0 Å². The molecule has 6 N–H and O–H groups in total. The lowest BCUT2D eigenvalue weighted by Crippen LogP contribution is -2.60. The van der Waals surface area contributed by atoms with Crippen LogP contribution in [0.25, 0.3) is 0 Å². The van der Waals surface area contributed by atoms with Gasteiger partial charge in [-0.3, -0.25) is 0 Å². The summed E-state index contributed by atoms with van der Waals surface area (Å²) in [5.74, 6) is 0. The molecule has 9 unspecified atom stereocenters. The molecule has 0 spiro atoms. The van der Waals surface area contributed by atoms with E-state index in [0.29, 0.717) is 6.42 Å². The number of hydrogen-bond donors (Lipinski definition) is 6. The van der Waals surface area contributed by atoms with Gasteiger partial charge in [0.2, 0.25) is 0 Å². The van der Waals surface area contributed by atoms with Gasteiger partial charge in [-0.25, -0.2) is 0 Å². The fraction of sp³-hybridized carbons (Fsp3) is 0.875. The van der Waals surface area contributed by atoms with Crippen LogP contribution >= 0.6 is 0 Å². The molecule has 2 aliphatic rings. The molecule has 0 aromatic heterocycles. The highest BCUT2D eigenvalue weighted by atomic mass is 16.7. The summed E-state index contributed by atoms with van der Waals surface area (Å²) < 4.78 is 21.2. The van der Waals surface area contributed by atoms with E-state index >= 15 is 0 Å². The lowest BCUT2D eigenvalue weighted by Gasteiger charge is -2.41. The van der Waals surface area contributed by atoms with Crippen molar-refractivity contribution in [2.75, 3.05) is 19.8 Å². The van der Waals surface area contributed by atoms with Crippen LogP contribution in [-0.2, 0) is 18.9 Å². The maximum absolute atomic E-state index is 10.1. The van der Waals surface area contributed by atoms with Crippen molar-refractivity contribution in [3.05, 3.63) is 12.2 Å². The molecule has 0 aromatic carbocycles. The van der Waals surface area contributed by atoms with Gasteiger partial charge in [-0.15, -0.1) is 6.58 Å². The largest absolute Gasteiger partial charge is 0.388 e. The summed E-state index contributed by atoms with van der Waals surface area (Å²) >= 11 is 0. The van der Waals surface area contributed by atoms with E-state index in [-0.39, 0.29) is 19.8 Å². The first-order chi connectivity index (χ1) is 12.2. The predicted octanol–water partition coefficient (Wildman–Crippen LogP) is -2.77. The SMILES string of the molecule is C=C(C)CCOC1OC(COC2OCC(O)C(O)C2O)C(O)C(O)C1O. The van der Waals surface area contributed by atoms with E-state index in [2.05, 4.69) is 6.58 Å². The van der Waals surface area contributed by atoms with Crippen molar-refractivity contribution in [2.45, 2.75) is 68.7 Å². The van der Waals surface area contributed by atoms with Crippen molar-refractivity contribution >= 4 is 0 Å². The van der Waals surface area contributed by atoms with Gasteiger partial charge in [0.25, 0.3) is 0 Å². The van der Waals surface area contributed by atoms with Crippen molar-refractivity contribution in [3.8, 4) is 0 Å². The van der Waals surface area contributed by atoms with Crippen LogP contribution in [0.5, 0.6) is 0 Å². The second-order valence-corrected chi connectivity index (χ2v) is 6.68. The van der Waals surface area contributed by atoms with E-state index in [1.165, 1.54) is 0 Å². The van der Waals surface area contributed by atoms with Gasteiger partial charge in [0, 0.05) is 0 Å².